The highest BCUT2D eigenvalue weighted by Crippen LogP contribution is 2.36. The van der Waals surface area contributed by atoms with Crippen LogP contribution >= 0.6 is 0 Å². The molecule has 0 unspecified atom stereocenters. The van der Waals surface area contributed by atoms with Crippen molar-refractivity contribution >= 4 is 17.5 Å². The van der Waals surface area contributed by atoms with Crippen LogP contribution in [0.3, 0.4) is 0 Å². The number of rotatable bonds is 7. The van der Waals surface area contributed by atoms with E-state index >= 15 is 0 Å². The van der Waals surface area contributed by atoms with E-state index in [4.69, 9.17) is 9.84 Å². The number of carboxylic acids is 1. The molecule has 2 heterocycles. The van der Waals surface area contributed by atoms with Gasteiger partial charge >= 0.3 is 12.1 Å². The third kappa shape index (κ3) is 5.70. The number of carboxylic acid groups (broad SMARTS) is 1. The summed E-state index contributed by atoms with van der Waals surface area (Å²) in [6.07, 6.45) is -1.99. The number of nitrogens with zero attached hydrogens (tertiary/aromatic N) is 3. The standard InChI is InChI=1S/C25H28F3N3O3/c1-2-4-20-15-30(14-17-5-3-6-21(11-17)34-16-24(32)33)9-10-31(20)23-13-18-12-19(25(26,27)28)7-8-22(18)29-23/h3,5-8,11-12,20H,2,4,9-10,13-16H2,1H3,(H,32,33)/t20-/m1/s1. The molecule has 2 aliphatic rings. The molecule has 9 heteroatoms. The van der Waals surface area contributed by atoms with Crippen molar-refractivity contribution in [3.8, 4) is 5.75 Å². The van der Waals surface area contributed by atoms with Crippen LogP contribution < -0.4 is 4.74 Å². The molecule has 6 nitrogen and oxygen atoms in total. The molecule has 0 radical (unpaired) electrons. The van der Waals surface area contributed by atoms with Gasteiger partial charge in [-0.15, -0.1) is 0 Å². The molecule has 2 aromatic carbocycles. The van der Waals surface area contributed by atoms with Crippen molar-refractivity contribution in [2.75, 3.05) is 26.2 Å². The van der Waals surface area contributed by atoms with Crippen LogP contribution in [-0.4, -0.2) is 59.0 Å². The second-order valence-electron chi connectivity index (χ2n) is 8.75. The predicted octanol–water partition coefficient (Wildman–Crippen LogP) is 4.74. The van der Waals surface area contributed by atoms with Gasteiger partial charge < -0.3 is 14.7 Å². The lowest BCUT2D eigenvalue weighted by Crippen LogP contribution is -2.54. The minimum atomic E-state index is -4.36. The maximum absolute atomic E-state index is 13.1. The number of aliphatic carboxylic acids is 1. The number of halogens is 3. The zero-order valence-corrected chi connectivity index (χ0v) is 19.0. The Kier molecular flexibility index (Phi) is 7.11. The van der Waals surface area contributed by atoms with E-state index in [1.54, 1.807) is 6.07 Å². The van der Waals surface area contributed by atoms with E-state index in [9.17, 15) is 18.0 Å². The number of amidine groups is 1. The Morgan fingerprint density at radius 2 is 2.03 bits per heavy atom. The van der Waals surface area contributed by atoms with Crippen molar-refractivity contribution in [3.63, 3.8) is 0 Å². The number of hydrogen-bond acceptors (Lipinski definition) is 5. The molecule has 1 N–H and O–H groups in total. The second-order valence-corrected chi connectivity index (χ2v) is 8.75. The monoisotopic (exact) mass is 475 g/mol. The van der Waals surface area contributed by atoms with E-state index in [0.29, 0.717) is 30.0 Å². The molecule has 1 atom stereocenters. The van der Waals surface area contributed by atoms with E-state index in [1.165, 1.54) is 12.1 Å². The Bertz CT molecular complexity index is 1070. The minimum absolute atomic E-state index is 0.223. The van der Waals surface area contributed by atoms with Crippen LogP contribution in [-0.2, 0) is 23.9 Å². The van der Waals surface area contributed by atoms with Crippen molar-refractivity contribution in [1.29, 1.82) is 0 Å². The zero-order valence-electron chi connectivity index (χ0n) is 19.0. The van der Waals surface area contributed by atoms with Gasteiger partial charge in [0.25, 0.3) is 0 Å². The summed E-state index contributed by atoms with van der Waals surface area (Å²) in [7, 11) is 0. The molecule has 182 valence electrons. The number of ether oxygens (including phenoxy) is 1. The molecule has 2 aromatic rings. The number of aliphatic imine (C=N–C) groups is 1. The van der Waals surface area contributed by atoms with Crippen LogP contribution in [0, 0.1) is 0 Å². The third-order valence-electron chi connectivity index (χ3n) is 6.19. The number of alkyl halides is 3. The van der Waals surface area contributed by atoms with Gasteiger partial charge in [0, 0.05) is 38.6 Å². The predicted molar refractivity (Wildman–Crippen MR) is 122 cm³/mol. The van der Waals surface area contributed by atoms with E-state index < -0.39 is 17.7 Å². The van der Waals surface area contributed by atoms with Gasteiger partial charge in [0.15, 0.2) is 6.61 Å². The number of hydrogen-bond donors (Lipinski definition) is 1. The fourth-order valence-electron chi connectivity index (χ4n) is 4.65. The number of carbonyl (C=O) groups is 1. The molecule has 4 rings (SSSR count). The zero-order chi connectivity index (χ0) is 24.3. The molecule has 0 amide bonds. The third-order valence-corrected chi connectivity index (χ3v) is 6.19. The largest absolute Gasteiger partial charge is 0.482 e. The summed E-state index contributed by atoms with van der Waals surface area (Å²) >= 11 is 0. The maximum atomic E-state index is 13.1. The molecular weight excluding hydrogens is 447 g/mol. The highest BCUT2D eigenvalue weighted by atomic mass is 19.4. The molecule has 0 aliphatic carbocycles. The first-order valence-electron chi connectivity index (χ1n) is 11.4. The van der Waals surface area contributed by atoms with Gasteiger partial charge in [0.1, 0.15) is 11.6 Å². The van der Waals surface area contributed by atoms with Crippen LogP contribution in [0.5, 0.6) is 5.75 Å². The summed E-state index contributed by atoms with van der Waals surface area (Å²) in [6.45, 7) is 4.82. The van der Waals surface area contributed by atoms with Crippen molar-refractivity contribution in [1.82, 2.24) is 9.80 Å². The first-order valence-corrected chi connectivity index (χ1v) is 11.4. The molecular formula is C25H28F3N3O3. The van der Waals surface area contributed by atoms with Crippen LogP contribution in [0.15, 0.2) is 47.5 Å². The minimum Gasteiger partial charge on any atom is -0.482 e. The first-order chi connectivity index (χ1) is 16.2. The Hall–Kier alpha value is -3.07. The normalized spacial score (nSPS) is 18.5. The van der Waals surface area contributed by atoms with Crippen LogP contribution in [0.4, 0.5) is 18.9 Å². The lowest BCUT2D eigenvalue weighted by Gasteiger charge is -2.43. The van der Waals surface area contributed by atoms with E-state index in [1.807, 2.05) is 18.2 Å². The molecule has 1 saturated heterocycles. The fourth-order valence-corrected chi connectivity index (χ4v) is 4.65. The molecule has 1 fully saturated rings. The highest BCUT2D eigenvalue weighted by Gasteiger charge is 2.34. The maximum Gasteiger partial charge on any atom is 0.416 e. The fraction of sp³-hybridized carbons (Fsp3) is 0.440. The van der Waals surface area contributed by atoms with Crippen molar-refractivity contribution in [2.24, 2.45) is 4.99 Å². The molecule has 0 aromatic heterocycles. The number of fused-ring (bicyclic) bond motifs is 1. The van der Waals surface area contributed by atoms with Crippen LogP contribution in [0.25, 0.3) is 0 Å². The number of piperazine rings is 1. The smallest absolute Gasteiger partial charge is 0.416 e. The van der Waals surface area contributed by atoms with Gasteiger partial charge in [0.2, 0.25) is 0 Å². The molecule has 2 aliphatic heterocycles. The Labute approximate surface area is 196 Å². The van der Waals surface area contributed by atoms with Crippen molar-refractivity contribution in [3.05, 3.63) is 59.2 Å². The summed E-state index contributed by atoms with van der Waals surface area (Å²) in [4.78, 5) is 20.0. The molecule has 0 bridgehead atoms. The molecule has 0 spiro atoms. The van der Waals surface area contributed by atoms with Crippen molar-refractivity contribution < 1.29 is 27.8 Å². The van der Waals surface area contributed by atoms with Crippen LogP contribution in [0.2, 0.25) is 0 Å². The average Bonchev–Trinajstić information content (AvgIpc) is 3.21. The Morgan fingerprint density at radius 1 is 1.21 bits per heavy atom. The topological polar surface area (TPSA) is 65.4 Å². The lowest BCUT2D eigenvalue weighted by molar-refractivity contribution is -0.139. The lowest BCUT2D eigenvalue weighted by atomic mass is 10.0. The number of benzene rings is 2. The SMILES string of the molecule is CCC[C@@H]1CN(Cc2cccc(OCC(=O)O)c2)CCN1C1=Nc2ccc(C(F)(F)F)cc2C1. The first kappa shape index (κ1) is 24.1. The summed E-state index contributed by atoms with van der Waals surface area (Å²) in [5.74, 6) is 0.354. The van der Waals surface area contributed by atoms with Gasteiger partial charge in [0.05, 0.1) is 11.3 Å². The van der Waals surface area contributed by atoms with Gasteiger partial charge in [-0.25, -0.2) is 9.79 Å². The summed E-state index contributed by atoms with van der Waals surface area (Å²) < 4.78 is 44.6. The summed E-state index contributed by atoms with van der Waals surface area (Å²) in [5, 5.41) is 8.81. The molecule has 0 saturated carbocycles. The van der Waals surface area contributed by atoms with Gasteiger partial charge in [-0.1, -0.05) is 25.5 Å². The van der Waals surface area contributed by atoms with E-state index in [0.717, 1.165) is 49.9 Å². The van der Waals surface area contributed by atoms with Gasteiger partial charge in [-0.3, -0.25) is 4.90 Å². The van der Waals surface area contributed by atoms with Gasteiger partial charge in [-0.05, 0) is 47.9 Å². The Balaban J connectivity index is 1.42. The van der Waals surface area contributed by atoms with Gasteiger partial charge in [-0.2, -0.15) is 13.2 Å². The molecule has 34 heavy (non-hydrogen) atoms. The summed E-state index contributed by atoms with van der Waals surface area (Å²) in [5.41, 5.74) is 1.66. The quantitative estimate of drug-likeness (QED) is 0.627. The highest BCUT2D eigenvalue weighted by molar-refractivity contribution is 5.92. The average molecular weight is 476 g/mol. The summed E-state index contributed by atoms with van der Waals surface area (Å²) in [6, 6.07) is 11.5. The van der Waals surface area contributed by atoms with Crippen molar-refractivity contribution in [2.45, 2.75) is 44.9 Å². The van der Waals surface area contributed by atoms with E-state index in [-0.39, 0.29) is 12.6 Å². The van der Waals surface area contributed by atoms with E-state index in [2.05, 4.69) is 21.7 Å². The second kappa shape index (κ2) is 10.0. The Morgan fingerprint density at radius 3 is 2.76 bits per heavy atom. The van der Waals surface area contributed by atoms with Crippen LogP contribution in [0.1, 0.15) is 36.5 Å².